The van der Waals surface area contributed by atoms with E-state index in [9.17, 15) is 5.11 Å². The van der Waals surface area contributed by atoms with Gasteiger partial charge >= 0.3 is 0 Å². The van der Waals surface area contributed by atoms with Crippen molar-refractivity contribution >= 4 is 0 Å². The molecule has 1 unspecified atom stereocenters. The molecule has 2 aromatic rings. The minimum Gasteiger partial charge on any atom is -0.384 e. The molecule has 1 aromatic heterocycles. The van der Waals surface area contributed by atoms with E-state index >= 15 is 0 Å². The van der Waals surface area contributed by atoms with E-state index in [1.54, 1.807) is 6.20 Å². The average Bonchev–Trinajstić information content (AvgIpc) is 2.86. The van der Waals surface area contributed by atoms with Crippen molar-refractivity contribution < 1.29 is 5.11 Å². The Labute approximate surface area is 121 Å². The first-order valence-electron chi connectivity index (χ1n) is 7.39. The van der Waals surface area contributed by atoms with Crippen molar-refractivity contribution in [2.24, 2.45) is 5.92 Å². The maximum absolute atomic E-state index is 10.5. The number of rotatable bonds is 6. The predicted molar refractivity (Wildman–Crippen MR) is 81.6 cm³/mol. The van der Waals surface area contributed by atoms with Crippen molar-refractivity contribution in [2.45, 2.75) is 46.3 Å². The second kappa shape index (κ2) is 6.71. The molecule has 108 valence electrons. The molecule has 0 spiro atoms. The second-order valence-corrected chi connectivity index (χ2v) is 5.78. The van der Waals surface area contributed by atoms with Crippen molar-refractivity contribution in [3.05, 3.63) is 53.3 Å². The molecule has 0 radical (unpaired) electrons. The highest BCUT2D eigenvalue weighted by atomic mass is 16.3. The highest BCUT2D eigenvalue weighted by Crippen LogP contribution is 2.23. The van der Waals surface area contributed by atoms with Crippen LogP contribution in [0.15, 0.2) is 36.7 Å². The van der Waals surface area contributed by atoms with Crippen LogP contribution in [-0.4, -0.2) is 14.9 Å². The van der Waals surface area contributed by atoms with E-state index in [4.69, 9.17) is 0 Å². The Morgan fingerprint density at radius 3 is 2.75 bits per heavy atom. The molecule has 0 aliphatic carbocycles. The summed E-state index contributed by atoms with van der Waals surface area (Å²) in [5.74, 6) is 0.620. The van der Waals surface area contributed by atoms with Gasteiger partial charge in [0.05, 0.1) is 6.20 Å². The van der Waals surface area contributed by atoms with Gasteiger partial charge in [0, 0.05) is 18.3 Å². The normalized spacial score (nSPS) is 12.8. The maximum atomic E-state index is 10.5. The molecule has 20 heavy (non-hydrogen) atoms. The molecule has 3 nitrogen and oxygen atoms in total. The highest BCUT2D eigenvalue weighted by molar-refractivity contribution is 5.31. The molecule has 2 rings (SSSR count). The number of aliphatic hydroxyl groups is 1. The zero-order chi connectivity index (χ0) is 14.5. The third-order valence-electron chi connectivity index (χ3n) is 3.33. The first kappa shape index (κ1) is 14.8. The minimum absolute atomic E-state index is 0.590. The van der Waals surface area contributed by atoms with Gasteiger partial charge in [-0.1, -0.05) is 45.0 Å². The second-order valence-electron chi connectivity index (χ2n) is 5.78. The number of hydrogen-bond acceptors (Lipinski definition) is 2. The number of benzene rings is 1. The summed E-state index contributed by atoms with van der Waals surface area (Å²) in [4.78, 5) is 0. The standard InChI is InChI=1S/C17H24N2O/c1-4-8-19-12-16(11-18-19)17(20)15-7-5-6-14(10-15)9-13(2)3/h5-7,10-13,17,20H,4,8-9H2,1-3H3. The lowest BCUT2D eigenvalue weighted by Crippen LogP contribution is -2.01. The number of aromatic nitrogens is 2. The number of aryl methyl sites for hydroxylation is 1. The molecule has 0 amide bonds. The topological polar surface area (TPSA) is 38.0 Å². The van der Waals surface area contributed by atoms with Crippen LogP contribution in [0.2, 0.25) is 0 Å². The summed E-state index contributed by atoms with van der Waals surface area (Å²) in [7, 11) is 0. The van der Waals surface area contributed by atoms with Crippen LogP contribution in [0.1, 0.15) is 50.0 Å². The van der Waals surface area contributed by atoms with Gasteiger partial charge in [-0.3, -0.25) is 4.68 Å². The molecule has 1 heterocycles. The fraction of sp³-hybridized carbons (Fsp3) is 0.471. The van der Waals surface area contributed by atoms with Crippen molar-refractivity contribution in [2.75, 3.05) is 0 Å². The van der Waals surface area contributed by atoms with E-state index in [1.165, 1.54) is 5.56 Å². The van der Waals surface area contributed by atoms with Gasteiger partial charge in [-0.2, -0.15) is 5.10 Å². The first-order valence-corrected chi connectivity index (χ1v) is 7.39. The van der Waals surface area contributed by atoms with Crippen LogP contribution < -0.4 is 0 Å². The third kappa shape index (κ3) is 3.70. The van der Waals surface area contributed by atoms with Crippen LogP contribution in [0, 0.1) is 5.92 Å². The van der Waals surface area contributed by atoms with Gasteiger partial charge in [0.15, 0.2) is 0 Å². The number of nitrogens with zero attached hydrogens (tertiary/aromatic N) is 2. The van der Waals surface area contributed by atoms with E-state index < -0.39 is 6.10 Å². The Hall–Kier alpha value is -1.61. The summed E-state index contributed by atoms with van der Waals surface area (Å²) >= 11 is 0. The molecule has 0 aliphatic rings. The zero-order valence-electron chi connectivity index (χ0n) is 12.6. The van der Waals surface area contributed by atoms with Crippen LogP contribution in [-0.2, 0) is 13.0 Å². The van der Waals surface area contributed by atoms with E-state index in [2.05, 4.69) is 38.0 Å². The Balaban J connectivity index is 2.16. The van der Waals surface area contributed by atoms with Gasteiger partial charge < -0.3 is 5.11 Å². The van der Waals surface area contributed by atoms with Gasteiger partial charge in [0.1, 0.15) is 6.10 Å². The minimum atomic E-state index is -0.590. The van der Waals surface area contributed by atoms with Gasteiger partial charge in [-0.15, -0.1) is 0 Å². The Bertz CT molecular complexity index is 545. The Morgan fingerprint density at radius 2 is 2.05 bits per heavy atom. The lowest BCUT2D eigenvalue weighted by Gasteiger charge is -2.12. The summed E-state index contributed by atoms with van der Waals surface area (Å²) in [6, 6.07) is 8.22. The lowest BCUT2D eigenvalue weighted by atomic mass is 9.97. The molecule has 0 saturated heterocycles. The van der Waals surface area contributed by atoms with Crippen LogP contribution >= 0.6 is 0 Å². The van der Waals surface area contributed by atoms with E-state index in [0.29, 0.717) is 5.92 Å². The SMILES string of the molecule is CCCn1cc(C(O)c2cccc(CC(C)C)c2)cn1. The Kier molecular flexibility index (Phi) is 4.96. The molecule has 1 atom stereocenters. The van der Waals surface area contributed by atoms with Gasteiger partial charge in [0.25, 0.3) is 0 Å². The van der Waals surface area contributed by atoms with Crippen LogP contribution in [0.5, 0.6) is 0 Å². The fourth-order valence-corrected chi connectivity index (χ4v) is 2.43. The average molecular weight is 272 g/mol. The van der Waals surface area contributed by atoms with Gasteiger partial charge in [-0.05, 0) is 29.9 Å². The first-order chi connectivity index (χ1) is 9.60. The summed E-state index contributed by atoms with van der Waals surface area (Å²) in [6.45, 7) is 7.42. The molecule has 0 bridgehead atoms. The zero-order valence-corrected chi connectivity index (χ0v) is 12.6. The van der Waals surface area contributed by atoms with Gasteiger partial charge in [0.2, 0.25) is 0 Å². The van der Waals surface area contributed by atoms with Crippen LogP contribution in [0.4, 0.5) is 0 Å². The van der Waals surface area contributed by atoms with E-state index in [-0.39, 0.29) is 0 Å². The van der Waals surface area contributed by atoms with Crippen molar-refractivity contribution in [1.29, 1.82) is 0 Å². The largest absolute Gasteiger partial charge is 0.384 e. The molecule has 0 saturated carbocycles. The molecule has 3 heteroatoms. The maximum Gasteiger partial charge on any atom is 0.107 e. The summed E-state index contributed by atoms with van der Waals surface area (Å²) in [6.07, 6.45) is 5.18. The predicted octanol–water partition coefficient (Wildman–Crippen LogP) is 3.57. The summed E-state index contributed by atoms with van der Waals surface area (Å²) in [5, 5.41) is 14.8. The summed E-state index contributed by atoms with van der Waals surface area (Å²) < 4.78 is 1.89. The van der Waals surface area contributed by atoms with Gasteiger partial charge in [-0.25, -0.2) is 0 Å². The van der Waals surface area contributed by atoms with Crippen LogP contribution in [0.3, 0.4) is 0 Å². The molecule has 0 fully saturated rings. The van der Waals surface area contributed by atoms with E-state index in [1.807, 2.05) is 23.0 Å². The van der Waals surface area contributed by atoms with E-state index in [0.717, 1.165) is 30.5 Å². The van der Waals surface area contributed by atoms with Crippen molar-refractivity contribution in [1.82, 2.24) is 9.78 Å². The number of aliphatic hydroxyl groups excluding tert-OH is 1. The fourth-order valence-electron chi connectivity index (χ4n) is 2.43. The van der Waals surface area contributed by atoms with Crippen molar-refractivity contribution in [3.63, 3.8) is 0 Å². The molecule has 1 aromatic carbocycles. The van der Waals surface area contributed by atoms with Crippen molar-refractivity contribution in [3.8, 4) is 0 Å². The monoisotopic (exact) mass is 272 g/mol. The lowest BCUT2D eigenvalue weighted by molar-refractivity contribution is 0.220. The number of hydrogen-bond donors (Lipinski definition) is 1. The smallest absolute Gasteiger partial charge is 0.107 e. The van der Waals surface area contributed by atoms with Crippen LogP contribution in [0.25, 0.3) is 0 Å². The molecule has 0 aliphatic heterocycles. The summed E-state index contributed by atoms with van der Waals surface area (Å²) in [5.41, 5.74) is 3.08. The Morgan fingerprint density at radius 1 is 1.25 bits per heavy atom. The molecule has 1 N–H and O–H groups in total. The third-order valence-corrected chi connectivity index (χ3v) is 3.33. The molecular weight excluding hydrogens is 248 g/mol. The molecular formula is C17H24N2O. The highest BCUT2D eigenvalue weighted by Gasteiger charge is 2.13. The quantitative estimate of drug-likeness (QED) is 0.873.